The van der Waals surface area contributed by atoms with Crippen LogP contribution in [0.2, 0.25) is 0 Å². The number of rotatable bonds is 4. The van der Waals surface area contributed by atoms with Crippen LogP contribution >= 0.6 is 0 Å². The van der Waals surface area contributed by atoms with Crippen LogP contribution in [0, 0.1) is 5.92 Å². The number of hydrogen-bond acceptors (Lipinski definition) is 2. The minimum atomic E-state index is -0.476. The molecule has 2 rings (SSSR count). The molecule has 1 aliphatic rings. The monoisotopic (exact) mass is 288 g/mol. The Bertz CT molecular complexity index is 525. The predicted molar refractivity (Wildman–Crippen MR) is 84.2 cm³/mol. The fourth-order valence-corrected chi connectivity index (χ4v) is 2.64. The molecule has 4 nitrogen and oxygen atoms in total. The van der Waals surface area contributed by atoms with E-state index in [4.69, 9.17) is 0 Å². The summed E-state index contributed by atoms with van der Waals surface area (Å²) in [5, 5.41) is 2.92. The summed E-state index contributed by atoms with van der Waals surface area (Å²) in [5.41, 5.74) is 2.03. The average Bonchev–Trinajstić information content (AvgIpc) is 2.62. The molecule has 114 valence electrons. The van der Waals surface area contributed by atoms with Crippen molar-refractivity contribution < 1.29 is 9.59 Å². The molecule has 1 atom stereocenters. The molecule has 21 heavy (non-hydrogen) atoms. The Labute approximate surface area is 126 Å². The van der Waals surface area contributed by atoms with Crippen molar-refractivity contribution in [2.24, 2.45) is 5.92 Å². The molecule has 1 aromatic carbocycles. The van der Waals surface area contributed by atoms with E-state index in [-0.39, 0.29) is 11.8 Å². The van der Waals surface area contributed by atoms with Crippen LogP contribution in [0.3, 0.4) is 0 Å². The molecule has 1 N–H and O–H groups in total. The molecule has 0 saturated heterocycles. The molecular formula is C17H24N2O2. The average molecular weight is 288 g/mol. The first-order valence-corrected chi connectivity index (χ1v) is 7.68. The first kappa shape index (κ1) is 15.5. The number of aryl methyl sites for hydroxylation is 1. The topological polar surface area (TPSA) is 49.4 Å². The number of para-hydroxylation sites is 1. The maximum absolute atomic E-state index is 12.4. The number of amides is 2. The zero-order valence-electron chi connectivity index (χ0n) is 13.1. The second-order valence-corrected chi connectivity index (χ2v) is 6.06. The quantitative estimate of drug-likeness (QED) is 0.925. The Hall–Kier alpha value is -1.84. The highest BCUT2D eigenvalue weighted by molar-refractivity contribution is 6.01. The van der Waals surface area contributed by atoms with Crippen molar-refractivity contribution in [3.05, 3.63) is 29.8 Å². The van der Waals surface area contributed by atoms with E-state index in [0.717, 1.165) is 24.1 Å². The van der Waals surface area contributed by atoms with Crippen LogP contribution in [0.5, 0.6) is 0 Å². The van der Waals surface area contributed by atoms with Gasteiger partial charge in [0.15, 0.2) is 0 Å². The number of nitrogens with zero attached hydrogens (tertiary/aromatic N) is 1. The van der Waals surface area contributed by atoms with Crippen LogP contribution in [0.1, 0.15) is 39.2 Å². The van der Waals surface area contributed by atoms with Gasteiger partial charge in [-0.25, -0.2) is 0 Å². The van der Waals surface area contributed by atoms with Crippen molar-refractivity contribution in [2.45, 2.75) is 46.1 Å². The molecule has 0 radical (unpaired) electrons. The molecule has 0 fully saturated rings. The van der Waals surface area contributed by atoms with E-state index in [0.29, 0.717) is 18.9 Å². The number of nitrogens with one attached hydrogen (secondary N) is 1. The Morgan fingerprint density at radius 2 is 1.95 bits per heavy atom. The molecule has 0 bridgehead atoms. The molecule has 0 unspecified atom stereocenters. The van der Waals surface area contributed by atoms with Gasteiger partial charge < -0.3 is 5.32 Å². The van der Waals surface area contributed by atoms with Gasteiger partial charge in [0, 0.05) is 18.7 Å². The summed E-state index contributed by atoms with van der Waals surface area (Å²) >= 11 is 0. The molecule has 4 heteroatoms. The molecule has 2 amide bonds. The number of anilines is 1. The summed E-state index contributed by atoms with van der Waals surface area (Å²) in [4.78, 5) is 26.4. The molecular weight excluding hydrogens is 264 g/mol. The fourth-order valence-electron chi connectivity index (χ4n) is 2.64. The minimum Gasteiger partial charge on any atom is -0.354 e. The predicted octanol–water partition coefficient (Wildman–Crippen LogP) is 2.52. The van der Waals surface area contributed by atoms with Crippen LogP contribution in [0.4, 0.5) is 5.69 Å². The zero-order chi connectivity index (χ0) is 15.4. The second kappa shape index (κ2) is 6.74. The number of carbonyl (C=O) groups is 2. The third kappa shape index (κ3) is 3.63. The smallest absolute Gasteiger partial charge is 0.242 e. The number of hydrogen-bond donors (Lipinski definition) is 1. The normalized spacial score (nSPS) is 16.4. The number of fused-ring (bicyclic) bond motifs is 1. The molecule has 1 heterocycles. The van der Waals surface area contributed by atoms with Gasteiger partial charge in [-0.15, -0.1) is 0 Å². The molecule has 1 aliphatic heterocycles. The van der Waals surface area contributed by atoms with Gasteiger partial charge in [0.05, 0.1) is 0 Å². The van der Waals surface area contributed by atoms with E-state index in [1.165, 1.54) is 0 Å². The lowest BCUT2D eigenvalue weighted by Crippen LogP contribution is -2.48. The van der Waals surface area contributed by atoms with Crippen LogP contribution in [-0.4, -0.2) is 24.4 Å². The lowest BCUT2D eigenvalue weighted by molar-refractivity contribution is -0.126. The van der Waals surface area contributed by atoms with Gasteiger partial charge >= 0.3 is 0 Å². The van der Waals surface area contributed by atoms with Gasteiger partial charge in [-0.2, -0.15) is 0 Å². The summed E-state index contributed by atoms with van der Waals surface area (Å²) in [6.45, 7) is 6.54. The lowest BCUT2D eigenvalue weighted by Gasteiger charge is -2.29. The SMILES string of the molecule is CC(C)CNC(=O)[C@H](C)N1C(=O)CCCc2ccccc21. The van der Waals surface area contributed by atoms with E-state index >= 15 is 0 Å². The van der Waals surface area contributed by atoms with Gasteiger partial charge in [0.1, 0.15) is 6.04 Å². The highest BCUT2D eigenvalue weighted by atomic mass is 16.2. The number of benzene rings is 1. The minimum absolute atomic E-state index is 0.0344. The van der Waals surface area contributed by atoms with E-state index in [1.807, 2.05) is 24.3 Å². The van der Waals surface area contributed by atoms with Gasteiger partial charge in [0.25, 0.3) is 0 Å². The Balaban J connectivity index is 2.23. The van der Waals surface area contributed by atoms with Gasteiger partial charge in [-0.3, -0.25) is 14.5 Å². The number of carbonyl (C=O) groups excluding carboxylic acids is 2. The van der Waals surface area contributed by atoms with Crippen LogP contribution in [-0.2, 0) is 16.0 Å². The summed E-state index contributed by atoms with van der Waals surface area (Å²) in [6.07, 6.45) is 2.22. The fraction of sp³-hybridized carbons (Fsp3) is 0.529. The first-order valence-electron chi connectivity index (χ1n) is 7.68. The lowest BCUT2D eigenvalue weighted by atomic mass is 10.1. The Kier molecular flexibility index (Phi) is 4.99. The summed E-state index contributed by atoms with van der Waals surface area (Å²) in [6, 6.07) is 7.40. The summed E-state index contributed by atoms with van der Waals surface area (Å²) in [5.74, 6) is 0.342. The third-order valence-electron chi connectivity index (χ3n) is 3.81. The van der Waals surface area contributed by atoms with Crippen molar-refractivity contribution in [3.8, 4) is 0 Å². The van der Waals surface area contributed by atoms with Crippen LogP contribution < -0.4 is 10.2 Å². The van der Waals surface area contributed by atoms with E-state index < -0.39 is 6.04 Å². The van der Waals surface area contributed by atoms with Crippen molar-refractivity contribution in [2.75, 3.05) is 11.4 Å². The molecule has 1 aromatic rings. The second-order valence-electron chi connectivity index (χ2n) is 6.06. The molecule has 0 aromatic heterocycles. The van der Waals surface area contributed by atoms with E-state index in [2.05, 4.69) is 19.2 Å². The highest BCUT2D eigenvalue weighted by Crippen LogP contribution is 2.28. The van der Waals surface area contributed by atoms with Crippen molar-refractivity contribution in [1.29, 1.82) is 0 Å². The van der Waals surface area contributed by atoms with Gasteiger partial charge in [-0.1, -0.05) is 32.0 Å². The van der Waals surface area contributed by atoms with Gasteiger partial charge in [0.2, 0.25) is 11.8 Å². The largest absolute Gasteiger partial charge is 0.354 e. The maximum Gasteiger partial charge on any atom is 0.242 e. The van der Waals surface area contributed by atoms with Crippen LogP contribution in [0.15, 0.2) is 24.3 Å². The zero-order valence-corrected chi connectivity index (χ0v) is 13.1. The summed E-state index contributed by atoms with van der Waals surface area (Å²) < 4.78 is 0. The third-order valence-corrected chi connectivity index (χ3v) is 3.81. The van der Waals surface area contributed by atoms with Gasteiger partial charge in [-0.05, 0) is 37.3 Å². The first-order chi connectivity index (χ1) is 10.0. The van der Waals surface area contributed by atoms with E-state index in [9.17, 15) is 9.59 Å². The highest BCUT2D eigenvalue weighted by Gasteiger charge is 2.30. The van der Waals surface area contributed by atoms with E-state index in [1.54, 1.807) is 11.8 Å². The van der Waals surface area contributed by atoms with Crippen molar-refractivity contribution in [3.63, 3.8) is 0 Å². The Morgan fingerprint density at radius 1 is 1.24 bits per heavy atom. The van der Waals surface area contributed by atoms with Crippen molar-refractivity contribution >= 4 is 17.5 Å². The maximum atomic E-state index is 12.4. The molecule has 0 spiro atoms. The van der Waals surface area contributed by atoms with Crippen LogP contribution in [0.25, 0.3) is 0 Å². The Morgan fingerprint density at radius 3 is 2.67 bits per heavy atom. The molecule has 0 aliphatic carbocycles. The van der Waals surface area contributed by atoms with Crippen molar-refractivity contribution in [1.82, 2.24) is 5.32 Å². The molecule has 0 saturated carbocycles. The summed E-state index contributed by atoms with van der Waals surface area (Å²) in [7, 11) is 0. The standard InChI is InChI=1S/C17H24N2O2/c1-12(2)11-18-17(21)13(3)19-15-9-5-4-7-14(15)8-6-10-16(19)20/h4-5,7,9,12-13H,6,8,10-11H2,1-3H3,(H,18,21)/t13-/m0/s1.